The van der Waals surface area contributed by atoms with Gasteiger partial charge in [-0.1, -0.05) is 0 Å². The first kappa shape index (κ1) is 12.7. The number of rotatable bonds is 7. The topological polar surface area (TPSA) is 59.0 Å². The van der Waals surface area contributed by atoms with Crippen LogP contribution in [0.25, 0.3) is 0 Å². The zero-order valence-corrected chi connectivity index (χ0v) is 9.99. The monoisotopic (exact) mass is 224 g/mol. The lowest BCUT2D eigenvalue weighted by molar-refractivity contribution is -0.120. The predicted octanol–water partition coefficient (Wildman–Crippen LogP) is 0.0784. The Bertz CT molecular complexity index is 322. The van der Waals surface area contributed by atoms with E-state index in [4.69, 9.17) is 0 Å². The lowest BCUT2D eigenvalue weighted by atomic mass is 10.3. The zero-order valence-electron chi connectivity index (χ0n) is 9.99. The molecule has 0 saturated heterocycles. The maximum atomic E-state index is 10.9. The van der Waals surface area contributed by atoms with Gasteiger partial charge in [-0.05, 0) is 13.0 Å². The van der Waals surface area contributed by atoms with Crippen molar-refractivity contribution < 1.29 is 4.79 Å². The third-order valence-corrected chi connectivity index (χ3v) is 2.48. The van der Waals surface area contributed by atoms with E-state index in [1.165, 1.54) is 0 Å². The van der Waals surface area contributed by atoms with Gasteiger partial charge in [-0.2, -0.15) is 0 Å². The molecule has 0 aromatic carbocycles. The SMILES string of the molecule is CNC(=O)CCCNCCc1nccn1C. The first-order chi connectivity index (χ1) is 7.74. The average molecular weight is 224 g/mol. The highest BCUT2D eigenvalue weighted by Crippen LogP contribution is 1.94. The molecule has 0 bridgehead atoms. The van der Waals surface area contributed by atoms with E-state index in [0.717, 1.165) is 31.8 Å². The van der Waals surface area contributed by atoms with Crippen LogP contribution in [0.2, 0.25) is 0 Å². The first-order valence-corrected chi connectivity index (χ1v) is 5.61. The minimum atomic E-state index is 0.103. The summed E-state index contributed by atoms with van der Waals surface area (Å²) in [6.07, 6.45) is 6.14. The second-order valence-electron chi connectivity index (χ2n) is 3.73. The van der Waals surface area contributed by atoms with E-state index >= 15 is 0 Å². The second-order valence-corrected chi connectivity index (χ2v) is 3.73. The van der Waals surface area contributed by atoms with E-state index in [1.54, 1.807) is 13.2 Å². The second kappa shape index (κ2) is 7.00. The highest BCUT2D eigenvalue weighted by Gasteiger charge is 1.99. The number of hydrogen-bond donors (Lipinski definition) is 2. The summed E-state index contributed by atoms with van der Waals surface area (Å²) < 4.78 is 2.02. The van der Waals surface area contributed by atoms with E-state index in [2.05, 4.69) is 15.6 Å². The van der Waals surface area contributed by atoms with Crippen LogP contribution in [0, 0.1) is 0 Å². The maximum absolute atomic E-state index is 10.9. The highest BCUT2D eigenvalue weighted by molar-refractivity contribution is 5.75. The van der Waals surface area contributed by atoms with Gasteiger partial charge in [-0.15, -0.1) is 0 Å². The van der Waals surface area contributed by atoms with Crippen LogP contribution < -0.4 is 10.6 Å². The van der Waals surface area contributed by atoms with E-state index in [1.807, 2.05) is 17.8 Å². The summed E-state index contributed by atoms with van der Waals surface area (Å²) >= 11 is 0. The Kier molecular flexibility index (Phi) is 5.56. The van der Waals surface area contributed by atoms with Crippen LogP contribution in [0.3, 0.4) is 0 Å². The molecule has 0 aliphatic rings. The van der Waals surface area contributed by atoms with Crippen molar-refractivity contribution in [3.63, 3.8) is 0 Å². The van der Waals surface area contributed by atoms with E-state index in [0.29, 0.717) is 6.42 Å². The molecule has 0 aliphatic heterocycles. The summed E-state index contributed by atoms with van der Waals surface area (Å²) in [5.41, 5.74) is 0. The summed E-state index contributed by atoms with van der Waals surface area (Å²) in [5, 5.41) is 5.90. The fourth-order valence-electron chi connectivity index (χ4n) is 1.46. The van der Waals surface area contributed by atoms with Crippen molar-refractivity contribution in [3.8, 4) is 0 Å². The molecule has 0 atom stereocenters. The normalized spacial score (nSPS) is 10.4. The third-order valence-electron chi connectivity index (χ3n) is 2.48. The van der Waals surface area contributed by atoms with Gasteiger partial charge < -0.3 is 15.2 Å². The molecule has 0 radical (unpaired) electrons. The molecule has 1 aromatic rings. The molecule has 1 amide bonds. The fraction of sp³-hybridized carbons (Fsp3) is 0.636. The molecular formula is C11H20N4O. The molecule has 1 heterocycles. The number of hydrogen-bond acceptors (Lipinski definition) is 3. The Morgan fingerprint density at radius 2 is 2.31 bits per heavy atom. The molecule has 1 rings (SSSR count). The Morgan fingerprint density at radius 3 is 2.94 bits per heavy atom. The van der Waals surface area contributed by atoms with Crippen LogP contribution in [0.4, 0.5) is 0 Å². The fourth-order valence-corrected chi connectivity index (χ4v) is 1.46. The molecule has 0 spiro atoms. The lowest BCUT2D eigenvalue weighted by Crippen LogP contribution is -2.23. The van der Waals surface area contributed by atoms with Gasteiger partial charge in [0.1, 0.15) is 5.82 Å². The Morgan fingerprint density at radius 1 is 1.50 bits per heavy atom. The van der Waals surface area contributed by atoms with Crippen molar-refractivity contribution in [1.29, 1.82) is 0 Å². The molecule has 0 aliphatic carbocycles. The molecule has 2 N–H and O–H groups in total. The number of aryl methyl sites for hydroxylation is 1. The number of nitrogens with one attached hydrogen (secondary N) is 2. The van der Waals surface area contributed by atoms with Crippen LogP contribution in [0.5, 0.6) is 0 Å². The average Bonchev–Trinajstić information content (AvgIpc) is 2.69. The Balaban J connectivity index is 2.00. The maximum Gasteiger partial charge on any atom is 0.219 e. The van der Waals surface area contributed by atoms with Crippen molar-refractivity contribution in [2.24, 2.45) is 7.05 Å². The van der Waals surface area contributed by atoms with E-state index < -0.39 is 0 Å². The number of aromatic nitrogens is 2. The summed E-state index contributed by atoms with van der Waals surface area (Å²) in [6, 6.07) is 0. The van der Waals surface area contributed by atoms with Gasteiger partial charge in [0, 0.05) is 45.9 Å². The van der Waals surface area contributed by atoms with Gasteiger partial charge in [-0.3, -0.25) is 4.79 Å². The Labute approximate surface area is 96.3 Å². The first-order valence-electron chi connectivity index (χ1n) is 5.61. The zero-order chi connectivity index (χ0) is 11.8. The minimum absolute atomic E-state index is 0.103. The van der Waals surface area contributed by atoms with E-state index in [9.17, 15) is 4.79 Å². The van der Waals surface area contributed by atoms with Gasteiger partial charge >= 0.3 is 0 Å². The molecule has 5 nitrogen and oxygen atoms in total. The number of imidazole rings is 1. The van der Waals surface area contributed by atoms with Crippen molar-refractivity contribution in [3.05, 3.63) is 18.2 Å². The minimum Gasteiger partial charge on any atom is -0.359 e. The van der Waals surface area contributed by atoms with Gasteiger partial charge in [0.2, 0.25) is 5.91 Å². The number of amides is 1. The standard InChI is InChI=1S/C11H20N4O/c1-12-11(16)4-3-6-13-7-5-10-14-8-9-15(10)2/h8-9,13H,3-7H2,1-2H3,(H,12,16). The third kappa shape index (κ3) is 4.44. The molecule has 16 heavy (non-hydrogen) atoms. The number of carbonyl (C=O) groups excluding carboxylic acids is 1. The number of nitrogens with zero attached hydrogens (tertiary/aromatic N) is 2. The summed E-state index contributed by atoms with van der Waals surface area (Å²) in [4.78, 5) is 15.2. The van der Waals surface area contributed by atoms with Crippen LogP contribution in [-0.4, -0.2) is 35.6 Å². The van der Waals surface area contributed by atoms with Crippen LogP contribution in [-0.2, 0) is 18.3 Å². The molecule has 5 heteroatoms. The van der Waals surface area contributed by atoms with Crippen LogP contribution in [0.1, 0.15) is 18.7 Å². The summed E-state index contributed by atoms with van der Waals surface area (Å²) in [7, 11) is 3.66. The molecule has 0 saturated carbocycles. The molecule has 0 fully saturated rings. The molecule has 1 aromatic heterocycles. The molecular weight excluding hydrogens is 204 g/mol. The van der Waals surface area contributed by atoms with Gasteiger partial charge in [0.05, 0.1) is 0 Å². The van der Waals surface area contributed by atoms with Crippen molar-refractivity contribution in [2.45, 2.75) is 19.3 Å². The predicted molar refractivity (Wildman–Crippen MR) is 63.1 cm³/mol. The van der Waals surface area contributed by atoms with Crippen LogP contribution in [0.15, 0.2) is 12.4 Å². The lowest BCUT2D eigenvalue weighted by Gasteiger charge is -2.04. The van der Waals surface area contributed by atoms with Gasteiger partial charge in [0.15, 0.2) is 0 Å². The summed E-state index contributed by atoms with van der Waals surface area (Å²) in [5.74, 6) is 1.18. The largest absolute Gasteiger partial charge is 0.359 e. The van der Waals surface area contributed by atoms with Crippen molar-refractivity contribution in [2.75, 3.05) is 20.1 Å². The Hall–Kier alpha value is -1.36. The van der Waals surface area contributed by atoms with Crippen LogP contribution >= 0.6 is 0 Å². The molecule has 0 unspecified atom stereocenters. The van der Waals surface area contributed by atoms with Gasteiger partial charge in [0.25, 0.3) is 0 Å². The summed E-state index contributed by atoms with van der Waals surface area (Å²) in [6.45, 7) is 1.77. The van der Waals surface area contributed by atoms with Crippen molar-refractivity contribution >= 4 is 5.91 Å². The quantitative estimate of drug-likeness (QED) is 0.645. The highest BCUT2D eigenvalue weighted by atomic mass is 16.1. The van der Waals surface area contributed by atoms with Gasteiger partial charge in [-0.25, -0.2) is 4.98 Å². The smallest absolute Gasteiger partial charge is 0.219 e. The number of carbonyl (C=O) groups is 1. The molecule has 90 valence electrons. The van der Waals surface area contributed by atoms with Crippen molar-refractivity contribution in [1.82, 2.24) is 20.2 Å². The van der Waals surface area contributed by atoms with E-state index in [-0.39, 0.29) is 5.91 Å².